The van der Waals surface area contributed by atoms with Crippen LogP contribution in [0.2, 0.25) is 0 Å². The van der Waals surface area contributed by atoms with Crippen LogP contribution >= 0.6 is 0 Å². The lowest BCUT2D eigenvalue weighted by Crippen LogP contribution is -2.30. The fourth-order valence-electron chi connectivity index (χ4n) is 3.33. The van der Waals surface area contributed by atoms with Gasteiger partial charge in [-0.1, -0.05) is 12.5 Å². The number of fused-ring (bicyclic) bond motifs is 1. The van der Waals surface area contributed by atoms with Crippen molar-refractivity contribution in [2.24, 2.45) is 5.92 Å². The van der Waals surface area contributed by atoms with Crippen molar-refractivity contribution >= 4 is 0 Å². The largest absolute Gasteiger partial charge is 0.393 e. The van der Waals surface area contributed by atoms with Crippen molar-refractivity contribution < 1.29 is 9.50 Å². The zero-order valence-electron chi connectivity index (χ0n) is 10.5. The average molecular weight is 249 g/mol. The zero-order valence-corrected chi connectivity index (χ0v) is 10.5. The van der Waals surface area contributed by atoms with Gasteiger partial charge in [-0.2, -0.15) is 0 Å². The highest BCUT2D eigenvalue weighted by molar-refractivity contribution is 5.34. The summed E-state index contributed by atoms with van der Waals surface area (Å²) in [5.41, 5.74) is 2.38. The molecule has 0 spiro atoms. The molecule has 2 aliphatic rings. The van der Waals surface area contributed by atoms with Crippen molar-refractivity contribution in [3.63, 3.8) is 0 Å². The minimum Gasteiger partial charge on any atom is -0.393 e. The molecule has 0 radical (unpaired) electrons. The quantitative estimate of drug-likeness (QED) is 0.863. The maximum atomic E-state index is 13.3. The van der Waals surface area contributed by atoms with E-state index >= 15 is 0 Å². The molecule has 98 valence electrons. The van der Waals surface area contributed by atoms with Crippen LogP contribution in [0.25, 0.3) is 0 Å². The first-order valence-corrected chi connectivity index (χ1v) is 6.94. The number of benzene rings is 1. The molecule has 1 fully saturated rings. The Kier molecular flexibility index (Phi) is 3.35. The molecule has 3 heteroatoms. The van der Waals surface area contributed by atoms with E-state index < -0.39 is 0 Å². The summed E-state index contributed by atoms with van der Waals surface area (Å²) in [7, 11) is 0. The van der Waals surface area contributed by atoms with Gasteiger partial charge in [-0.25, -0.2) is 4.39 Å². The third kappa shape index (κ3) is 2.29. The number of rotatable bonds is 3. The second-order valence-corrected chi connectivity index (χ2v) is 5.60. The van der Waals surface area contributed by atoms with Crippen LogP contribution in [0.5, 0.6) is 0 Å². The Morgan fingerprint density at radius 3 is 2.94 bits per heavy atom. The van der Waals surface area contributed by atoms with Crippen LogP contribution in [-0.4, -0.2) is 17.8 Å². The minimum atomic E-state index is -0.150. The second kappa shape index (κ2) is 4.98. The van der Waals surface area contributed by atoms with Gasteiger partial charge in [-0.3, -0.25) is 0 Å². The van der Waals surface area contributed by atoms with Crippen LogP contribution in [0.15, 0.2) is 18.2 Å². The Morgan fingerprint density at radius 1 is 1.28 bits per heavy atom. The van der Waals surface area contributed by atoms with E-state index in [1.54, 1.807) is 12.1 Å². The molecule has 2 aliphatic carbocycles. The highest BCUT2D eigenvalue weighted by atomic mass is 19.1. The molecule has 0 saturated heterocycles. The zero-order chi connectivity index (χ0) is 12.5. The number of aliphatic hydroxyl groups is 1. The molecule has 18 heavy (non-hydrogen) atoms. The Labute approximate surface area is 107 Å². The van der Waals surface area contributed by atoms with Crippen molar-refractivity contribution in [3.8, 4) is 0 Å². The van der Waals surface area contributed by atoms with Gasteiger partial charge in [0.2, 0.25) is 0 Å². The van der Waals surface area contributed by atoms with E-state index in [9.17, 15) is 9.50 Å². The first-order chi connectivity index (χ1) is 8.74. The average Bonchev–Trinajstić information content (AvgIpc) is 2.93. The summed E-state index contributed by atoms with van der Waals surface area (Å²) < 4.78 is 13.3. The third-order valence-electron chi connectivity index (χ3n) is 4.43. The van der Waals surface area contributed by atoms with Crippen LogP contribution in [0, 0.1) is 11.7 Å². The highest BCUT2D eigenvalue weighted by Crippen LogP contribution is 2.32. The summed E-state index contributed by atoms with van der Waals surface area (Å²) in [5, 5.41) is 13.3. The van der Waals surface area contributed by atoms with Gasteiger partial charge >= 0.3 is 0 Å². The number of halogens is 1. The molecule has 3 unspecified atom stereocenters. The van der Waals surface area contributed by atoms with Gasteiger partial charge in [0.15, 0.2) is 0 Å². The van der Waals surface area contributed by atoms with Gasteiger partial charge in [0, 0.05) is 12.6 Å². The first kappa shape index (κ1) is 12.1. The van der Waals surface area contributed by atoms with Crippen LogP contribution in [0.3, 0.4) is 0 Å². The smallest absolute Gasteiger partial charge is 0.123 e. The predicted octanol–water partition coefficient (Wildman–Crippen LogP) is 2.56. The second-order valence-electron chi connectivity index (χ2n) is 5.60. The molecule has 0 heterocycles. The number of hydrogen-bond acceptors (Lipinski definition) is 2. The molecule has 1 aromatic carbocycles. The fraction of sp³-hybridized carbons (Fsp3) is 0.600. The van der Waals surface area contributed by atoms with Crippen molar-refractivity contribution in [1.29, 1.82) is 0 Å². The molecule has 0 aromatic heterocycles. The van der Waals surface area contributed by atoms with E-state index in [1.165, 1.54) is 5.56 Å². The molecule has 1 saturated carbocycles. The van der Waals surface area contributed by atoms with E-state index in [0.29, 0.717) is 5.92 Å². The molecule has 2 nitrogen and oxygen atoms in total. The third-order valence-corrected chi connectivity index (χ3v) is 4.43. The molecule has 0 aliphatic heterocycles. The van der Waals surface area contributed by atoms with Crippen LogP contribution in [0.4, 0.5) is 4.39 Å². The van der Waals surface area contributed by atoms with Gasteiger partial charge < -0.3 is 10.4 Å². The predicted molar refractivity (Wildman–Crippen MR) is 68.8 cm³/mol. The summed E-state index contributed by atoms with van der Waals surface area (Å²) >= 11 is 0. The monoisotopic (exact) mass is 249 g/mol. The van der Waals surface area contributed by atoms with Crippen molar-refractivity contribution in [3.05, 3.63) is 35.1 Å². The molecule has 3 atom stereocenters. The minimum absolute atomic E-state index is 0.147. The molecule has 0 bridgehead atoms. The molecular formula is C15H20FNO. The van der Waals surface area contributed by atoms with E-state index in [2.05, 4.69) is 5.32 Å². The maximum Gasteiger partial charge on any atom is 0.123 e. The lowest BCUT2D eigenvalue weighted by molar-refractivity contribution is 0.130. The van der Waals surface area contributed by atoms with E-state index in [4.69, 9.17) is 0 Å². The van der Waals surface area contributed by atoms with E-state index in [0.717, 1.165) is 44.2 Å². The Morgan fingerprint density at radius 2 is 2.17 bits per heavy atom. The lowest BCUT2D eigenvalue weighted by atomic mass is 10.0. The number of aliphatic hydroxyl groups excluding tert-OH is 1. The molecule has 2 N–H and O–H groups in total. The summed E-state index contributed by atoms with van der Waals surface area (Å²) in [6.07, 6.45) is 5.09. The Bertz CT molecular complexity index is 435. The van der Waals surface area contributed by atoms with Crippen LogP contribution in [-0.2, 0) is 6.42 Å². The summed E-state index contributed by atoms with van der Waals surface area (Å²) in [6, 6.07) is 5.37. The Balaban J connectivity index is 1.64. The van der Waals surface area contributed by atoms with Gasteiger partial charge in [-0.15, -0.1) is 0 Å². The molecule has 3 rings (SSSR count). The molecular weight excluding hydrogens is 229 g/mol. The van der Waals surface area contributed by atoms with Crippen LogP contribution in [0.1, 0.15) is 42.9 Å². The normalized spacial score (nSPS) is 30.7. The first-order valence-electron chi connectivity index (χ1n) is 6.94. The lowest BCUT2D eigenvalue weighted by Gasteiger charge is -2.19. The van der Waals surface area contributed by atoms with E-state index in [1.807, 2.05) is 6.07 Å². The van der Waals surface area contributed by atoms with E-state index in [-0.39, 0.29) is 18.0 Å². The molecule has 1 aromatic rings. The van der Waals surface area contributed by atoms with Crippen molar-refractivity contribution in [2.45, 2.75) is 44.2 Å². The van der Waals surface area contributed by atoms with Gasteiger partial charge in [-0.05, 0) is 54.9 Å². The van der Waals surface area contributed by atoms with Crippen LogP contribution < -0.4 is 5.32 Å². The SMILES string of the molecule is OC1CCCC1CNC1CCc2ccc(F)cc21. The summed E-state index contributed by atoms with van der Waals surface area (Å²) in [6.45, 7) is 0.849. The van der Waals surface area contributed by atoms with Gasteiger partial charge in [0.05, 0.1) is 6.10 Å². The number of nitrogens with one attached hydrogen (secondary N) is 1. The standard InChI is InChI=1S/C15H20FNO/c16-12-6-4-10-5-7-14(13(10)8-12)17-9-11-2-1-3-15(11)18/h4,6,8,11,14-15,17-18H,1-3,5,7,9H2. The molecule has 0 amide bonds. The van der Waals surface area contributed by atoms with Crippen molar-refractivity contribution in [2.75, 3.05) is 6.54 Å². The van der Waals surface area contributed by atoms with Crippen molar-refractivity contribution in [1.82, 2.24) is 5.32 Å². The number of aryl methyl sites for hydroxylation is 1. The Hall–Kier alpha value is -0.930. The van der Waals surface area contributed by atoms with Gasteiger partial charge in [0.25, 0.3) is 0 Å². The highest BCUT2D eigenvalue weighted by Gasteiger charge is 2.28. The topological polar surface area (TPSA) is 32.3 Å². The van der Waals surface area contributed by atoms with Gasteiger partial charge in [0.1, 0.15) is 5.82 Å². The number of hydrogen-bond donors (Lipinski definition) is 2. The summed E-state index contributed by atoms with van der Waals surface area (Å²) in [5.74, 6) is 0.228. The maximum absolute atomic E-state index is 13.3. The summed E-state index contributed by atoms with van der Waals surface area (Å²) in [4.78, 5) is 0. The fourth-order valence-corrected chi connectivity index (χ4v) is 3.33.